The van der Waals surface area contributed by atoms with Crippen molar-refractivity contribution in [1.82, 2.24) is 0 Å². The minimum Gasteiger partial charge on any atom is -0.468 e. The summed E-state index contributed by atoms with van der Waals surface area (Å²) < 4.78 is 4.40. The van der Waals surface area contributed by atoms with E-state index >= 15 is 0 Å². The molecule has 0 spiro atoms. The summed E-state index contributed by atoms with van der Waals surface area (Å²) >= 11 is 0. The average Bonchev–Trinajstić information content (AvgIpc) is 1.87. The van der Waals surface area contributed by atoms with Crippen LogP contribution in [-0.2, 0) is 9.53 Å². The molecule has 0 aromatic carbocycles. The maximum atomic E-state index is 10.6. The van der Waals surface area contributed by atoms with Gasteiger partial charge in [0.05, 0.1) is 7.11 Å². The third-order valence-corrected chi connectivity index (χ3v) is 1.10. The fourth-order valence-electron chi connectivity index (χ4n) is 0.580. The van der Waals surface area contributed by atoms with Crippen LogP contribution < -0.4 is 5.73 Å². The first kappa shape index (κ1) is 8.43. The predicted molar refractivity (Wildman–Crippen MR) is 34.9 cm³/mol. The van der Waals surface area contributed by atoms with E-state index in [9.17, 15) is 4.79 Å². The van der Waals surface area contributed by atoms with Crippen molar-refractivity contribution in [3.05, 3.63) is 0 Å². The van der Waals surface area contributed by atoms with E-state index in [0.29, 0.717) is 6.42 Å². The van der Waals surface area contributed by atoms with Gasteiger partial charge < -0.3 is 10.5 Å². The summed E-state index contributed by atoms with van der Waals surface area (Å²) in [7, 11) is 1.35. The van der Waals surface area contributed by atoms with Crippen molar-refractivity contribution in [3.8, 4) is 0 Å². The number of methoxy groups -OCH3 is 1. The Hall–Kier alpha value is -0.570. The van der Waals surface area contributed by atoms with Crippen molar-refractivity contribution < 1.29 is 9.53 Å². The topological polar surface area (TPSA) is 52.3 Å². The number of nitrogens with two attached hydrogens (primary N) is 1. The van der Waals surface area contributed by atoms with Gasteiger partial charge in [-0.2, -0.15) is 0 Å². The van der Waals surface area contributed by atoms with Crippen molar-refractivity contribution in [2.24, 2.45) is 5.73 Å². The number of hydrogen-bond donors (Lipinski definition) is 1. The number of carbonyl (C=O) groups excluding carboxylic acids is 1. The van der Waals surface area contributed by atoms with Crippen LogP contribution in [0.2, 0.25) is 0 Å². The molecule has 3 nitrogen and oxygen atoms in total. The zero-order chi connectivity index (χ0) is 7.28. The smallest absolute Gasteiger partial charge is 0.322 e. The first-order valence-electron chi connectivity index (χ1n) is 3.05. The number of ether oxygens (including phenoxy) is 1. The molecular formula is C6H13NO2. The molecule has 54 valence electrons. The quantitative estimate of drug-likeness (QED) is 0.560. The molecule has 0 fully saturated rings. The summed E-state index contributed by atoms with van der Waals surface area (Å²) in [4.78, 5) is 10.6. The van der Waals surface area contributed by atoms with Crippen LogP contribution in [0.3, 0.4) is 0 Å². The lowest BCUT2D eigenvalue weighted by Crippen LogP contribution is -2.31. The van der Waals surface area contributed by atoms with Crippen LogP contribution in [0.15, 0.2) is 0 Å². The molecule has 0 heterocycles. The third-order valence-electron chi connectivity index (χ3n) is 1.10. The first-order chi connectivity index (χ1) is 4.22. The van der Waals surface area contributed by atoms with E-state index in [1.54, 1.807) is 0 Å². The molecule has 0 aliphatic rings. The molecule has 0 radical (unpaired) electrons. The second-order valence-corrected chi connectivity index (χ2v) is 1.92. The molecule has 0 aliphatic carbocycles. The molecular weight excluding hydrogens is 118 g/mol. The minimum absolute atomic E-state index is 0.322. The Labute approximate surface area is 55.2 Å². The molecule has 0 saturated carbocycles. The predicted octanol–water partition coefficient (Wildman–Crippen LogP) is 0.287. The summed E-state index contributed by atoms with van der Waals surface area (Å²) in [6.07, 6.45) is 1.61. The number of rotatable bonds is 3. The van der Waals surface area contributed by atoms with E-state index in [-0.39, 0.29) is 5.97 Å². The Bertz CT molecular complexity index is 93.1. The summed E-state index contributed by atoms with van der Waals surface area (Å²) in [5.74, 6) is -0.322. The van der Waals surface area contributed by atoms with Gasteiger partial charge in [0.2, 0.25) is 0 Å². The fourth-order valence-corrected chi connectivity index (χ4v) is 0.580. The minimum atomic E-state index is -0.431. The maximum Gasteiger partial charge on any atom is 0.322 e. The molecule has 0 saturated heterocycles. The number of carbonyl (C=O) groups is 1. The van der Waals surface area contributed by atoms with Crippen molar-refractivity contribution >= 4 is 5.97 Å². The Kier molecular flexibility index (Phi) is 4.05. The van der Waals surface area contributed by atoms with Gasteiger partial charge in [0.1, 0.15) is 6.04 Å². The van der Waals surface area contributed by atoms with E-state index < -0.39 is 6.04 Å². The highest BCUT2D eigenvalue weighted by molar-refractivity contribution is 5.75. The van der Waals surface area contributed by atoms with Gasteiger partial charge >= 0.3 is 5.97 Å². The van der Waals surface area contributed by atoms with Gasteiger partial charge in [-0.25, -0.2) is 0 Å². The lowest BCUT2D eigenvalue weighted by atomic mass is 10.2. The zero-order valence-corrected chi connectivity index (χ0v) is 5.89. The highest BCUT2D eigenvalue weighted by atomic mass is 16.5. The van der Waals surface area contributed by atoms with Crippen LogP contribution in [-0.4, -0.2) is 19.1 Å². The normalized spacial score (nSPS) is 12.8. The van der Waals surface area contributed by atoms with E-state index in [1.807, 2.05) is 6.92 Å². The Morgan fingerprint density at radius 2 is 2.33 bits per heavy atom. The maximum absolute atomic E-state index is 10.6. The van der Waals surface area contributed by atoms with Crippen molar-refractivity contribution in [2.75, 3.05) is 7.11 Å². The molecule has 3 heteroatoms. The summed E-state index contributed by atoms with van der Waals surface area (Å²) in [5, 5.41) is 0. The van der Waals surface area contributed by atoms with Crippen LogP contribution in [0, 0.1) is 0 Å². The monoisotopic (exact) mass is 131 g/mol. The second-order valence-electron chi connectivity index (χ2n) is 1.92. The van der Waals surface area contributed by atoms with E-state index in [2.05, 4.69) is 4.74 Å². The molecule has 1 atom stereocenters. The van der Waals surface area contributed by atoms with E-state index in [4.69, 9.17) is 5.73 Å². The Morgan fingerprint density at radius 3 is 2.67 bits per heavy atom. The van der Waals surface area contributed by atoms with Gasteiger partial charge in [-0.05, 0) is 6.42 Å². The Morgan fingerprint density at radius 1 is 1.78 bits per heavy atom. The molecule has 0 aromatic heterocycles. The highest BCUT2D eigenvalue weighted by Gasteiger charge is 2.10. The molecule has 0 bridgehead atoms. The van der Waals surface area contributed by atoms with Gasteiger partial charge in [-0.15, -0.1) is 0 Å². The van der Waals surface area contributed by atoms with Crippen LogP contribution >= 0.6 is 0 Å². The molecule has 0 rings (SSSR count). The molecule has 9 heavy (non-hydrogen) atoms. The molecule has 0 aromatic rings. The SMILES string of the molecule is CCCC(N)C(=O)OC. The van der Waals surface area contributed by atoms with E-state index in [1.165, 1.54) is 7.11 Å². The Balaban J connectivity index is 3.45. The van der Waals surface area contributed by atoms with Gasteiger partial charge in [0.15, 0.2) is 0 Å². The van der Waals surface area contributed by atoms with Gasteiger partial charge in [-0.1, -0.05) is 13.3 Å². The first-order valence-corrected chi connectivity index (χ1v) is 3.05. The summed E-state index contributed by atoms with van der Waals surface area (Å²) in [5.41, 5.74) is 5.36. The van der Waals surface area contributed by atoms with Crippen LogP contribution in [0.25, 0.3) is 0 Å². The molecule has 2 N–H and O–H groups in total. The fraction of sp³-hybridized carbons (Fsp3) is 0.833. The standard InChI is InChI=1S/C6H13NO2/c1-3-4-5(7)6(8)9-2/h5H,3-4,7H2,1-2H3. The molecule has 0 aliphatic heterocycles. The molecule has 0 amide bonds. The zero-order valence-electron chi connectivity index (χ0n) is 5.89. The second kappa shape index (κ2) is 4.32. The lowest BCUT2D eigenvalue weighted by molar-refractivity contribution is -0.142. The lowest BCUT2D eigenvalue weighted by Gasteiger charge is -2.05. The van der Waals surface area contributed by atoms with Gasteiger partial charge in [-0.3, -0.25) is 4.79 Å². The van der Waals surface area contributed by atoms with Crippen LogP contribution in [0.5, 0.6) is 0 Å². The van der Waals surface area contributed by atoms with Crippen LogP contribution in [0.4, 0.5) is 0 Å². The highest BCUT2D eigenvalue weighted by Crippen LogP contribution is 1.93. The summed E-state index contributed by atoms with van der Waals surface area (Å²) in [6, 6.07) is -0.431. The van der Waals surface area contributed by atoms with E-state index in [0.717, 1.165) is 6.42 Å². The largest absolute Gasteiger partial charge is 0.468 e. The van der Waals surface area contributed by atoms with Crippen molar-refractivity contribution in [2.45, 2.75) is 25.8 Å². The van der Waals surface area contributed by atoms with Crippen molar-refractivity contribution in [3.63, 3.8) is 0 Å². The number of esters is 1. The average molecular weight is 131 g/mol. The van der Waals surface area contributed by atoms with Gasteiger partial charge in [0, 0.05) is 0 Å². The van der Waals surface area contributed by atoms with Crippen molar-refractivity contribution in [1.29, 1.82) is 0 Å². The summed E-state index contributed by atoms with van der Waals surface area (Å²) in [6.45, 7) is 1.98. The number of hydrogen-bond acceptors (Lipinski definition) is 3. The molecule has 1 unspecified atom stereocenters. The van der Waals surface area contributed by atoms with Crippen LogP contribution in [0.1, 0.15) is 19.8 Å². The van der Waals surface area contributed by atoms with Gasteiger partial charge in [0.25, 0.3) is 0 Å². The third kappa shape index (κ3) is 3.08.